The molecule has 0 amide bonds. The molecule has 0 atom stereocenters. The molecule has 0 saturated heterocycles. The van der Waals surface area contributed by atoms with Gasteiger partial charge in [0, 0.05) is 12.3 Å². The maximum absolute atomic E-state index is 10.4. The van der Waals surface area contributed by atoms with Gasteiger partial charge < -0.3 is 5.11 Å². The lowest BCUT2D eigenvalue weighted by Gasteiger charge is -1.86. The summed E-state index contributed by atoms with van der Waals surface area (Å²) in [4.78, 5) is 20.4. The Kier molecular flexibility index (Phi) is 1.11. The highest BCUT2D eigenvalue weighted by atomic mass is 16.4. The first kappa shape index (κ1) is 5.61. The van der Waals surface area contributed by atoms with Crippen molar-refractivity contribution in [2.24, 2.45) is 0 Å². The van der Waals surface area contributed by atoms with E-state index in [0.717, 1.165) is 6.07 Å². The van der Waals surface area contributed by atoms with E-state index in [1.807, 2.05) is 0 Å². The molecule has 0 aliphatic heterocycles. The number of nitrogens with zero attached hydrogens (tertiary/aromatic N) is 1. The second kappa shape index (κ2) is 1.77. The summed E-state index contributed by atoms with van der Waals surface area (Å²) < 4.78 is 0.486. The molecule has 0 radical (unpaired) electrons. The first-order valence-electron chi connectivity index (χ1n) is 2.21. The summed E-state index contributed by atoms with van der Waals surface area (Å²) in [6, 6.07) is 1.13. The minimum atomic E-state index is -1.30. The largest absolute Gasteiger partial charge is 0.463 e. The summed E-state index contributed by atoms with van der Waals surface area (Å²) in [5.74, 6) is 0. The Morgan fingerprint density at radius 3 is 2.67 bits per heavy atom. The summed E-state index contributed by atoms with van der Waals surface area (Å²) in [6.45, 7) is 0. The van der Waals surface area contributed by atoms with Crippen LogP contribution in [0, 0.1) is 0 Å². The summed E-state index contributed by atoms with van der Waals surface area (Å²) >= 11 is 0. The topological polar surface area (TPSA) is 75.1 Å². The fourth-order valence-corrected chi connectivity index (χ4v) is 0.471. The molecule has 5 heteroatoms. The number of carboxylic acid groups (broad SMARTS) is 1. The Hall–Kier alpha value is -1.52. The summed E-state index contributed by atoms with van der Waals surface area (Å²) in [5.41, 5.74) is -0.567. The molecule has 9 heavy (non-hydrogen) atoms. The van der Waals surface area contributed by atoms with Gasteiger partial charge in [-0.15, -0.1) is 0 Å². The molecular weight excluding hydrogens is 124 g/mol. The molecule has 48 valence electrons. The van der Waals surface area contributed by atoms with Gasteiger partial charge in [0.25, 0.3) is 5.56 Å². The number of aromatic amines is 1. The van der Waals surface area contributed by atoms with Gasteiger partial charge in [-0.05, 0) is 0 Å². The van der Waals surface area contributed by atoms with E-state index in [-0.39, 0.29) is 0 Å². The van der Waals surface area contributed by atoms with Crippen LogP contribution < -0.4 is 5.56 Å². The van der Waals surface area contributed by atoms with Crippen LogP contribution in [0.5, 0.6) is 0 Å². The van der Waals surface area contributed by atoms with Crippen molar-refractivity contribution in [1.82, 2.24) is 9.78 Å². The first-order valence-corrected chi connectivity index (χ1v) is 2.21. The van der Waals surface area contributed by atoms with Crippen LogP contribution in [0.25, 0.3) is 0 Å². The van der Waals surface area contributed by atoms with Crippen molar-refractivity contribution >= 4 is 6.09 Å². The minimum Gasteiger partial charge on any atom is -0.463 e. The summed E-state index contributed by atoms with van der Waals surface area (Å²) in [5, 5.41) is 10.4. The van der Waals surface area contributed by atoms with Crippen molar-refractivity contribution in [2.75, 3.05) is 0 Å². The van der Waals surface area contributed by atoms with E-state index in [2.05, 4.69) is 5.10 Å². The number of hydrogen-bond acceptors (Lipinski definition) is 2. The summed E-state index contributed by atoms with van der Waals surface area (Å²) in [6.07, 6.45) is -0.0406. The van der Waals surface area contributed by atoms with Gasteiger partial charge in [-0.1, -0.05) is 0 Å². The van der Waals surface area contributed by atoms with E-state index < -0.39 is 11.7 Å². The van der Waals surface area contributed by atoms with Gasteiger partial charge in [0.2, 0.25) is 0 Å². The third kappa shape index (κ3) is 0.835. The third-order valence-electron chi connectivity index (χ3n) is 0.841. The molecule has 0 bridgehead atoms. The molecule has 1 rings (SSSR count). The lowest BCUT2D eigenvalue weighted by Crippen LogP contribution is -2.22. The first-order chi connectivity index (χ1) is 4.22. The van der Waals surface area contributed by atoms with Crippen molar-refractivity contribution in [3.8, 4) is 0 Å². The second-order valence-electron chi connectivity index (χ2n) is 1.42. The number of nitrogens with one attached hydrogen (secondary N) is 1. The van der Waals surface area contributed by atoms with Crippen LogP contribution in [0.15, 0.2) is 17.1 Å². The monoisotopic (exact) mass is 128 g/mol. The molecule has 1 heterocycles. The zero-order valence-electron chi connectivity index (χ0n) is 4.37. The van der Waals surface area contributed by atoms with Gasteiger partial charge in [0.1, 0.15) is 0 Å². The van der Waals surface area contributed by atoms with Crippen LogP contribution in [-0.2, 0) is 0 Å². The van der Waals surface area contributed by atoms with E-state index in [1.54, 1.807) is 0 Å². The fourth-order valence-electron chi connectivity index (χ4n) is 0.471. The van der Waals surface area contributed by atoms with Gasteiger partial charge >= 0.3 is 6.09 Å². The standard InChI is InChI=1S/C4H4N2O3/c7-3-1-2-5-6(3)4(8)9/h1-2,5H,(H,8,9). The second-order valence-corrected chi connectivity index (χ2v) is 1.42. The minimum absolute atomic E-state index is 0.486. The Bertz CT molecular complexity index is 271. The Morgan fingerprint density at radius 2 is 2.44 bits per heavy atom. The highest BCUT2D eigenvalue weighted by Gasteiger charge is 2.00. The highest BCUT2D eigenvalue weighted by Crippen LogP contribution is 1.71. The van der Waals surface area contributed by atoms with E-state index in [4.69, 9.17) is 5.11 Å². The molecule has 0 aliphatic carbocycles. The molecule has 5 nitrogen and oxygen atoms in total. The lowest BCUT2D eigenvalue weighted by atomic mass is 10.7. The van der Waals surface area contributed by atoms with Crippen LogP contribution in [0.2, 0.25) is 0 Å². The van der Waals surface area contributed by atoms with Crippen molar-refractivity contribution in [3.63, 3.8) is 0 Å². The maximum Gasteiger partial charge on any atom is 0.433 e. The van der Waals surface area contributed by atoms with Crippen molar-refractivity contribution in [1.29, 1.82) is 0 Å². The van der Waals surface area contributed by atoms with Crippen LogP contribution in [0.1, 0.15) is 0 Å². The van der Waals surface area contributed by atoms with Gasteiger partial charge in [0.05, 0.1) is 0 Å². The number of carbonyl (C=O) groups is 1. The van der Waals surface area contributed by atoms with Crippen molar-refractivity contribution in [2.45, 2.75) is 0 Å². The smallest absolute Gasteiger partial charge is 0.433 e. The SMILES string of the molecule is O=C(O)n1[nH]ccc1=O. The summed E-state index contributed by atoms with van der Waals surface area (Å²) in [7, 11) is 0. The molecular formula is C4H4N2O3. The lowest BCUT2D eigenvalue weighted by molar-refractivity contribution is 0.191. The Balaban J connectivity index is 3.24. The molecule has 1 aromatic heterocycles. The number of H-pyrrole nitrogens is 1. The number of aromatic nitrogens is 2. The van der Waals surface area contributed by atoms with E-state index in [9.17, 15) is 9.59 Å². The number of rotatable bonds is 0. The van der Waals surface area contributed by atoms with Crippen molar-refractivity contribution in [3.05, 3.63) is 22.6 Å². The van der Waals surface area contributed by atoms with E-state index in [0.29, 0.717) is 4.68 Å². The predicted molar refractivity (Wildman–Crippen MR) is 28.5 cm³/mol. The quantitative estimate of drug-likeness (QED) is 0.503. The molecule has 0 fully saturated rings. The Labute approximate surface area is 49.5 Å². The Morgan fingerprint density at radius 1 is 1.78 bits per heavy atom. The van der Waals surface area contributed by atoms with Crippen LogP contribution in [0.4, 0.5) is 4.79 Å². The molecule has 0 unspecified atom stereocenters. The highest BCUT2D eigenvalue weighted by molar-refractivity contribution is 5.66. The van der Waals surface area contributed by atoms with Crippen LogP contribution >= 0.6 is 0 Å². The van der Waals surface area contributed by atoms with E-state index >= 15 is 0 Å². The molecule has 0 spiro atoms. The zero-order valence-corrected chi connectivity index (χ0v) is 4.37. The van der Waals surface area contributed by atoms with E-state index in [1.165, 1.54) is 6.20 Å². The van der Waals surface area contributed by atoms with Crippen molar-refractivity contribution < 1.29 is 9.90 Å². The van der Waals surface area contributed by atoms with Gasteiger partial charge in [-0.2, -0.15) is 4.68 Å². The maximum atomic E-state index is 10.4. The molecule has 2 N–H and O–H groups in total. The predicted octanol–water partition coefficient (Wildman–Crippen LogP) is -0.297. The molecule has 0 aliphatic rings. The molecule has 1 aromatic rings. The van der Waals surface area contributed by atoms with Crippen LogP contribution in [0.3, 0.4) is 0 Å². The van der Waals surface area contributed by atoms with Gasteiger partial charge in [0.15, 0.2) is 0 Å². The van der Waals surface area contributed by atoms with Crippen LogP contribution in [-0.4, -0.2) is 21.0 Å². The number of hydrogen-bond donors (Lipinski definition) is 2. The molecule has 0 saturated carbocycles. The fraction of sp³-hybridized carbons (Fsp3) is 0. The van der Waals surface area contributed by atoms with Gasteiger partial charge in [-0.3, -0.25) is 9.89 Å². The third-order valence-corrected chi connectivity index (χ3v) is 0.841. The van der Waals surface area contributed by atoms with Gasteiger partial charge in [-0.25, -0.2) is 4.79 Å². The molecule has 0 aromatic carbocycles. The average molecular weight is 128 g/mol. The normalized spacial score (nSPS) is 9.33. The average Bonchev–Trinajstić information content (AvgIpc) is 2.13. The zero-order chi connectivity index (χ0) is 6.85.